The number of carbonyl (C=O) groups is 2. The van der Waals surface area contributed by atoms with E-state index in [-0.39, 0.29) is 6.04 Å². The predicted molar refractivity (Wildman–Crippen MR) is 113 cm³/mol. The quantitative estimate of drug-likeness (QED) is 0.674. The molecule has 0 radical (unpaired) electrons. The zero-order valence-corrected chi connectivity index (χ0v) is 17.2. The number of nitrogens with one attached hydrogen (secondary N) is 2. The van der Waals surface area contributed by atoms with Gasteiger partial charge in [-0.05, 0) is 42.0 Å². The van der Waals surface area contributed by atoms with Crippen LogP contribution in [-0.4, -0.2) is 63.8 Å². The Bertz CT molecular complexity index is 833. The molecule has 0 aliphatic carbocycles. The van der Waals surface area contributed by atoms with Crippen molar-refractivity contribution in [3.05, 3.63) is 54.1 Å². The maximum atomic E-state index is 12.4. The third-order valence-corrected chi connectivity index (χ3v) is 5.00. The summed E-state index contributed by atoms with van der Waals surface area (Å²) in [6.45, 7) is 3.09. The Morgan fingerprint density at radius 2 is 1.50 bits per heavy atom. The summed E-state index contributed by atoms with van der Waals surface area (Å²) in [6, 6.07) is 14.4. The first-order chi connectivity index (χ1) is 14.6. The number of ether oxygens (including phenoxy) is 3. The standard InChI is InChI=1S/C22H27N3O5/c1-28-18-7-3-16(4-8-18)20(25-11-13-30-14-12-25)15-23-21(26)22(27)24-17-5-9-19(29-2)10-6-17/h3-10,20H,11-15H2,1-2H3,(H,23,26)(H,24,27). The topological polar surface area (TPSA) is 89.1 Å². The zero-order chi connectivity index (χ0) is 21.3. The Labute approximate surface area is 176 Å². The van der Waals surface area contributed by atoms with Crippen molar-refractivity contribution in [2.24, 2.45) is 0 Å². The molecular weight excluding hydrogens is 386 g/mol. The van der Waals surface area contributed by atoms with E-state index in [2.05, 4.69) is 15.5 Å². The molecule has 0 spiro atoms. The molecular formula is C22H27N3O5. The molecule has 3 rings (SSSR count). The smallest absolute Gasteiger partial charge is 0.313 e. The molecule has 2 N–H and O–H groups in total. The van der Waals surface area contributed by atoms with Crippen LogP contribution in [0.5, 0.6) is 11.5 Å². The van der Waals surface area contributed by atoms with E-state index < -0.39 is 11.8 Å². The Balaban J connectivity index is 1.62. The van der Waals surface area contributed by atoms with Gasteiger partial charge in [0.25, 0.3) is 0 Å². The van der Waals surface area contributed by atoms with Gasteiger partial charge in [-0.3, -0.25) is 14.5 Å². The van der Waals surface area contributed by atoms with E-state index in [0.29, 0.717) is 31.2 Å². The molecule has 1 saturated heterocycles. The lowest BCUT2D eigenvalue weighted by Crippen LogP contribution is -2.45. The van der Waals surface area contributed by atoms with Crippen molar-refractivity contribution < 1.29 is 23.8 Å². The third kappa shape index (κ3) is 5.71. The maximum Gasteiger partial charge on any atom is 0.313 e. The van der Waals surface area contributed by atoms with Crippen LogP contribution in [0.15, 0.2) is 48.5 Å². The summed E-state index contributed by atoms with van der Waals surface area (Å²) in [7, 11) is 3.19. The van der Waals surface area contributed by atoms with Crippen LogP contribution < -0.4 is 20.1 Å². The number of hydrogen-bond acceptors (Lipinski definition) is 6. The highest BCUT2D eigenvalue weighted by Crippen LogP contribution is 2.23. The lowest BCUT2D eigenvalue weighted by Gasteiger charge is -2.34. The number of amides is 2. The molecule has 30 heavy (non-hydrogen) atoms. The van der Waals surface area contributed by atoms with Gasteiger partial charge in [0.2, 0.25) is 0 Å². The second kappa shape index (κ2) is 10.6. The summed E-state index contributed by atoms with van der Waals surface area (Å²) < 4.78 is 15.8. The summed E-state index contributed by atoms with van der Waals surface area (Å²) in [5.74, 6) is 0.0425. The SMILES string of the molecule is COc1ccc(NC(=O)C(=O)NCC(c2ccc(OC)cc2)N2CCOCC2)cc1. The molecule has 1 aliphatic heterocycles. The van der Waals surface area contributed by atoms with E-state index in [1.807, 2.05) is 24.3 Å². The van der Waals surface area contributed by atoms with Gasteiger partial charge in [-0.2, -0.15) is 0 Å². The Morgan fingerprint density at radius 3 is 2.07 bits per heavy atom. The van der Waals surface area contributed by atoms with E-state index in [4.69, 9.17) is 14.2 Å². The van der Waals surface area contributed by atoms with E-state index in [0.717, 1.165) is 24.4 Å². The fourth-order valence-electron chi connectivity index (χ4n) is 3.30. The number of rotatable bonds is 7. The third-order valence-electron chi connectivity index (χ3n) is 5.00. The molecule has 8 heteroatoms. The first-order valence-corrected chi connectivity index (χ1v) is 9.79. The van der Waals surface area contributed by atoms with E-state index in [1.165, 1.54) is 0 Å². The van der Waals surface area contributed by atoms with Crippen LogP contribution in [0.25, 0.3) is 0 Å². The zero-order valence-electron chi connectivity index (χ0n) is 17.2. The van der Waals surface area contributed by atoms with E-state index >= 15 is 0 Å². The monoisotopic (exact) mass is 413 g/mol. The van der Waals surface area contributed by atoms with Crippen LogP contribution in [0.2, 0.25) is 0 Å². The van der Waals surface area contributed by atoms with Gasteiger partial charge in [0.05, 0.1) is 33.5 Å². The number of hydrogen-bond donors (Lipinski definition) is 2. The van der Waals surface area contributed by atoms with Crippen LogP contribution in [0.3, 0.4) is 0 Å². The Kier molecular flexibility index (Phi) is 7.64. The minimum Gasteiger partial charge on any atom is -0.497 e. The second-order valence-electron chi connectivity index (χ2n) is 6.83. The number of morpholine rings is 1. The first-order valence-electron chi connectivity index (χ1n) is 9.79. The van der Waals surface area contributed by atoms with Crippen molar-refractivity contribution in [1.82, 2.24) is 10.2 Å². The predicted octanol–water partition coefficient (Wildman–Crippen LogP) is 1.83. The fraction of sp³-hybridized carbons (Fsp3) is 0.364. The van der Waals surface area contributed by atoms with Gasteiger partial charge in [0, 0.05) is 25.3 Å². The summed E-state index contributed by atoms with van der Waals surface area (Å²) in [5.41, 5.74) is 1.56. The van der Waals surface area contributed by atoms with Crippen molar-refractivity contribution in [2.75, 3.05) is 52.4 Å². The fourth-order valence-corrected chi connectivity index (χ4v) is 3.30. The molecule has 1 unspecified atom stereocenters. The van der Waals surface area contributed by atoms with Crippen molar-refractivity contribution >= 4 is 17.5 Å². The number of carbonyl (C=O) groups excluding carboxylic acids is 2. The summed E-state index contributed by atoms with van der Waals surface area (Å²) in [5, 5.41) is 5.35. The minimum atomic E-state index is -0.712. The summed E-state index contributed by atoms with van der Waals surface area (Å²) >= 11 is 0. The van der Waals surface area contributed by atoms with Crippen molar-refractivity contribution in [3.63, 3.8) is 0 Å². The number of nitrogens with zero attached hydrogens (tertiary/aromatic N) is 1. The summed E-state index contributed by atoms with van der Waals surface area (Å²) in [4.78, 5) is 26.9. The Hall–Kier alpha value is -3.10. The highest BCUT2D eigenvalue weighted by atomic mass is 16.5. The van der Waals surface area contributed by atoms with Gasteiger partial charge >= 0.3 is 11.8 Å². The van der Waals surface area contributed by atoms with Gasteiger partial charge in [0.1, 0.15) is 11.5 Å². The van der Waals surface area contributed by atoms with Crippen LogP contribution in [-0.2, 0) is 14.3 Å². The average molecular weight is 413 g/mol. The van der Waals surface area contributed by atoms with Crippen LogP contribution in [0.4, 0.5) is 5.69 Å². The van der Waals surface area contributed by atoms with Crippen molar-refractivity contribution in [1.29, 1.82) is 0 Å². The number of benzene rings is 2. The van der Waals surface area contributed by atoms with Crippen molar-refractivity contribution in [3.8, 4) is 11.5 Å². The second-order valence-corrected chi connectivity index (χ2v) is 6.83. The molecule has 1 heterocycles. The lowest BCUT2D eigenvalue weighted by atomic mass is 10.0. The van der Waals surface area contributed by atoms with Crippen molar-refractivity contribution in [2.45, 2.75) is 6.04 Å². The normalized spacial score (nSPS) is 15.1. The van der Waals surface area contributed by atoms with Crippen LogP contribution in [0.1, 0.15) is 11.6 Å². The Morgan fingerprint density at radius 1 is 0.933 bits per heavy atom. The molecule has 1 atom stereocenters. The minimum absolute atomic E-state index is 0.0717. The van der Waals surface area contributed by atoms with Gasteiger partial charge in [-0.25, -0.2) is 0 Å². The molecule has 0 bridgehead atoms. The molecule has 0 aromatic heterocycles. The van der Waals surface area contributed by atoms with Gasteiger partial charge in [0.15, 0.2) is 0 Å². The molecule has 1 fully saturated rings. The highest BCUT2D eigenvalue weighted by molar-refractivity contribution is 6.39. The van der Waals surface area contributed by atoms with E-state index in [1.54, 1.807) is 38.5 Å². The van der Waals surface area contributed by atoms with Gasteiger partial charge < -0.3 is 24.8 Å². The molecule has 8 nitrogen and oxygen atoms in total. The summed E-state index contributed by atoms with van der Waals surface area (Å²) in [6.07, 6.45) is 0. The highest BCUT2D eigenvalue weighted by Gasteiger charge is 2.24. The van der Waals surface area contributed by atoms with Crippen LogP contribution >= 0.6 is 0 Å². The van der Waals surface area contributed by atoms with Crippen LogP contribution in [0, 0.1) is 0 Å². The first kappa shape index (κ1) is 21.6. The molecule has 2 aromatic carbocycles. The molecule has 160 valence electrons. The lowest BCUT2D eigenvalue weighted by molar-refractivity contribution is -0.136. The molecule has 2 aromatic rings. The number of methoxy groups -OCH3 is 2. The van der Waals surface area contributed by atoms with Gasteiger partial charge in [-0.1, -0.05) is 12.1 Å². The maximum absolute atomic E-state index is 12.4. The molecule has 2 amide bonds. The largest absolute Gasteiger partial charge is 0.497 e. The molecule has 0 saturated carbocycles. The number of anilines is 1. The average Bonchev–Trinajstić information content (AvgIpc) is 2.80. The molecule has 1 aliphatic rings. The van der Waals surface area contributed by atoms with E-state index in [9.17, 15) is 9.59 Å². The van der Waals surface area contributed by atoms with Gasteiger partial charge in [-0.15, -0.1) is 0 Å².